The highest BCUT2D eigenvalue weighted by Gasteiger charge is 2.47. The van der Waals surface area contributed by atoms with Gasteiger partial charge in [-0.15, -0.1) is 0 Å². The van der Waals surface area contributed by atoms with Crippen LogP contribution in [0.4, 0.5) is 5.82 Å². The van der Waals surface area contributed by atoms with E-state index in [9.17, 15) is 28.8 Å². The summed E-state index contributed by atoms with van der Waals surface area (Å²) in [5, 5.41) is 27.8. The number of ether oxygens (including phenoxy) is 1. The summed E-state index contributed by atoms with van der Waals surface area (Å²) in [6.45, 7) is 0.127. The molecule has 198 valence electrons. The third kappa shape index (κ3) is 8.33. The quantitative estimate of drug-likeness (QED) is 0.168. The molecule has 6 atom stereocenters. The maximum absolute atomic E-state index is 11.8. The number of hydrogen-bond acceptors (Lipinski definition) is 14. The van der Waals surface area contributed by atoms with Crippen LogP contribution in [-0.4, -0.2) is 85.3 Å². The van der Waals surface area contributed by atoms with E-state index in [1.54, 1.807) is 0 Å². The van der Waals surface area contributed by atoms with Gasteiger partial charge in [0.1, 0.15) is 30.2 Å². The lowest BCUT2D eigenvalue weighted by molar-refractivity contribution is -0.134. The second kappa shape index (κ2) is 11.0. The number of phosphoric ester groups is 1. The van der Waals surface area contributed by atoms with Crippen molar-refractivity contribution in [2.45, 2.75) is 31.5 Å². The molecule has 35 heavy (non-hydrogen) atoms. The Labute approximate surface area is 194 Å². The molecule has 20 nitrogen and oxygen atoms in total. The monoisotopic (exact) mass is 567 g/mol. The second-order valence-corrected chi connectivity index (χ2v) is 11.0. The first-order valence-electron chi connectivity index (χ1n) is 8.85. The van der Waals surface area contributed by atoms with E-state index in [0.717, 1.165) is 13.3 Å². The number of aliphatic hydroxyl groups is 2. The molecule has 0 saturated carbocycles. The molecule has 1 aliphatic heterocycles. The minimum Gasteiger partial charge on any atom is -0.481 e. The van der Waals surface area contributed by atoms with Gasteiger partial charge >= 0.3 is 23.5 Å². The Bertz CT molecular complexity index is 1200. The number of carboxylic acid groups (broad SMARTS) is 1. The number of rotatable bonds is 8. The Hall–Kier alpha value is -1.89. The van der Waals surface area contributed by atoms with Crippen LogP contribution in [0.25, 0.3) is 11.2 Å². The molecule has 0 aliphatic carbocycles. The zero-order chi connectivity index (χ0) is 26.8. The number of nitrogens with zero attached hydrogens (tertiary/aromatic N) is 4. The molecule has 0 amide bonds. The fraction of sp³-hybridized carbons (Fsp3) is 0.500. The molecule has 2 unspecified atom stereocenters. The Kier molecular flexibility index (Phi) is 9.24. The molecule has 3 heterocycles. The van der Waals surface area contributed by atoms with Crippen LogP contribution >= 0.6 is 23.5 Å². The zero-order valence-corrected chi connectivity index (χ0v) is 20.0. The highest BCUT2D eigenvalue weighted by molar-refractivity contribution is 7.66. The molecule has 9 N–H and O–H groups in total. The first-order chi connectivity index (χ1) is 15.9. The van der Waals surface area contributed by atoms with Gasteiger partial charge < -0.3 is 45.4 Å². The number of carbonyl (C=O) groups is 1. The lowest BCUT2D eigenvalue weighted by Crippen LogP contribution is -2.33. The fourth-order valence-corrected chi connectivity index (χ4v) is 5.65. The van der Waals surface area contributed by atoms with E-state index in [0.29, 0.717) is 0 Å². The predicted octanol–water partition coefficient (Wildman–Crippen LogP) is -1.54. The van der Waals surface area contributed by atoms with Crippen LogP contribution in [0.1, 0.15) is 13.2 Å². The molecule has 0 radical (unpaired) electrons. The number of fused-ring (bicyclic) bond motifs is 1. The van der Waals surface area contributed by atoms with Gasteiger partial charge in [-0.3, -0.25) is 13.9 Å². The Morgan fingerprint density at radius 3 is 2.26 bits per heavy atom. The van der Waals surface area contributed by atoms with Gasteiger partial charge in [-0.25, -0.2) is 28.6 Å². The number of nitrogen functional groups attached to an aromatic ring is 1. The maximum atomic E-state index is 11.8. The molecule has 0 spiro atoms. The predicted molar refractivity (Wildman–Crippen MR) is 109 cm³/mol. The fourth-order valence-electron chi connectivity index (χ4n) is 2.62. The van der Waals surface area contributed by atoms with E-state index in [1.807, 2.05) is 0 Å². The summed E-state index contributed by atoms with van der Waals surface area (Å²) < 4.78 is 51.9. The number of phosphoric acid groups is 3. The van der Waals surface area contributed by atoms with Crippen LogP contribution in [0.5, 0.6) is 0 Å². The average molecular weight is 567 g/mol. The number of aromatic nitrogens is 4. The molecule has 2 aromatic heterocycles. The average Bonchev–Trinajstić information content (AvgIpc) is 3.20. The lowest BCUT2D eigenvalue weighted by atomic mass is 10.1. The highest BCUT2D eigenvalue weighted by atomic mass is 31.3. The van der Waals surface area contributed by atoms with Gasteiger partial charge in [0.2, 0.25) is 0 Å². The minimum atomic E-state index is -5.70. The van der Waals surface area contributed by atoms with Crippen LogP contribution in [0, 0.1) is 0 Å². The lowest BCUT2D eigenvalue weighted by Gasteiger charge is -2.19. The van der Waals surface area contributed by atoms with E-state index in [1.165, 1.54) is 10.9 Å². The van der Waals surface area contributed by atoms with Crippen molar-refractivity contribution in [2.24, 2.45) is 0 Å². The van der Waals surface area contributed by atoms with E-state index in [-0.39, 0.29) is 17.0 Å². The maximum Gasteiger partial charge on any atom is 0.490 e. The largest absolute Gasteiger partial charge is 0.490 e. The van der Waals surface area contributed by atoms with Crippen molar-refractivity contribution in [3.8, 4) is 0 Å². The van der Waals surface area contributed by atoms with Crippen LogP contribution in [-0.2, 0) is 36.4 Å². The van der Waals surface area contributed by atoms with Gasteiger partial charge in [0.15, 0.2) is 17.7 Å². The van der Waals surface area contributed by atoms with E-state index in [4.69, 9.17) is 35.1 Å². The van der Waals surface area contributed by atoms with Crippen LogP contribution < -0.4 is 5.73 Å². The van der Waals surface area contributed by atoms with Gasteiger partial charge in [-0.2, -0.15) is 8.62 Å². The van der Waals surface area contributed by atoms with Crippen molar-refractivity contribution in [1.82, 2.24) is 19.5 Å². The Balaban J connectivity index is 0.00000100. The van der Waals surface area contributed by atoms with Crippen molar-refractivity contribution in [1.29, 1.82) is 0 Å². The molecule has 0 bridgehead atoms. The van der Waals surface area contributed by atoms with Crippen molar-refractivity contribution >= 4 is 46.4 Å². The SMILES string of the molecule is CC(=O)O.Nc1ncnc2c1ncn2[C@@H]1O[C@H](COP(=O)(O)OP(=O)(O)OP(=O)(O)O)[C@@H](O)[C@H]1O. The third-order valence-corrected chi connectivity index (χ3v) is 7.62. The number of imidazole rings is 1. The number of anilines is 1. The van der Waals surface area contributed by atoms with Crippen molar-refractivity contribution in [3.63, 3.8) is 0 Å². The number of aliphatic carboxylic acids is 1. The normalized spacial score (nSPS) is 25.9. The topological polar surface area (TPSA) is 316 Å². The van der Waals surface area contributed by atoms with Crippen LogP contribution in [0.2, 0.25) is 0 Å². The smallest absolute Gasteiger partial charge is 0.481 e. The molecule has 0 aromatic carbocycles. The molecule has 1 saturated heterocycles. The third-order valence-electron chi connectivity index (χ3n) is 3.82. The number of hydrogen-bond donors (Lipinski definition) is 8. The molecular formula is C12H20N5O15P3. The summed E-state index contributed by atoms with van der Waals surface area (Å²) in [7, 11) is -16.7. The van der Waals surface area contributed by atoms with E-state index < -0.39 is 60.6 Å². The number of nitrogens with two attached hydrogens (primary N) is 1. The first-order valence-corrected chi connectivity index (χ1v) is 13.4. The Morgan fingerprint density at radius 1 is 1.09 bits per heavy atom. The second-order valence-electron chi connectivity index (χ2n) is 6.54. The standard InChI is InChI=1S/C10H16N5O13P3.C2H4O2/c11-8-5-9(13-2-12-8)15(3-14-5)10-7(17)6(16)4(26-10)1-25-30(21,22)28-31(23,24)27-29(18,19)20;1-2(3)4/h2-4,6-7,10,16-17H,1H2,(H,21,22)(H,23,24)(H2,11,12,13)(H2,18,19,20);1H3,(H,3,4)/t4-,6-,7-,10-;/m1./s1. The summed E-state index contributed by atoms with van der Waals surface area (Å²) in [5.41, 5.74) is 6.00. The van der Waals surface area contributed by atoms with Crippen LogP contribution in [0.3, 0.4) is 0 Å². The van der Waals surface area contributed by atoms with E-state index in [2.05, 4.69) is 28.1 Å². The molecule has 1 fully saturated rings. The summed E-state index contributed by atoms with van der Waals surface area (Å²) in [5.74, 6) is -0.791. The first kappa shape index (κ1) is 29.3. The van der Waals surface area contributed by atoms with Gasteiger partial charge in [-0.1, -0.05) is 0 Å². The van der Waals surface area contributed by atoms with Gasteiger partial charge in [-0.05, 0) is 0 Å². The van der Waals surface area contributed by atoms with Gasteiger partial charge in [0.05, 0.1) is 12.9 Å². The zero-order valence-electron chi connectivity index (χ0n) is 17.3. The van der Waals surface area contributed by atoms with E-state index >= 15 is 0 Å². The summed E-state index contributed by atoms with van der Waals surface area (Å²) >= 11 is 0. The number of aliphatic hydroxyl groups excluding tert-OH is 2. The van der Waals surface area contributed by atoms with Crippen molar-refractivity contribution in [2.75, 3.05) is 12.3 Å². The van der Waals surface area contributed by atoms with Crippen molar-refractivity contribution < 1.29 is 71.3 Å². The molecular weight excluding hydrogens is 547 g/mol. The Morgan fingerprint density at radius 2 is 1.69 bits per heavy atom. The molecule has 2 aromatic rings. The molecule has 23 heteroatoms. The van der Waals surface area contributed by atoms with Gasteiger partial charge in [0.25, 0.3) is 5.97 Å². The summed E-state index contributed by atoms with van der Waals surface area (Å²) in [6, 6.07) is 0. The minimum absolute atomic E-state index is 0.0426. The molecule has 3 rings (SSSR count). The molecule has 1 aliphatic rings. The highest BCUT2D eigenvalue weighted by Crippen LogP contribution is 2.66. The number of carboxylic acids is 1. The summed E-state index contributed by atoms with van der Waals surface area (Å²) in [6.07, 6.45) is -3.69. The van der Waals surface area contributed by atoms with Gasteiger partial charge in [0, 0.05) is 6.92 Å². The van der Waals surface area contributed by atoms with Crippen LogP contribution in [0.15, 0.2) is 12.7 Å². The summed E-state index contributed by atoms with van der Waals surface area (Å²) in [4.78, 5) is 56.2. The van der Waals surface area contributed by atoms with Crippen molar-refractivity contribution in [3.05, 3.63) is 12.7 Å².